The van der Waals surface area contributed by atoms with Gasteiger partial charge in [0.15, 0.2) is 0 Å². The SMILES string of the molecule is CCc1cc(CC(NC)C2CN(CC)CCO2)n(CC)n1. The van der Waals surface area contributed by atoms with E-state index in [9.17, 15) is 0 Å². The molecule has 120 valence electrons. The zero-order valence-electron chi connectivity index (χ0n) is 13.9. The lowest BCUT2D eigenvalue weighted by Gasteiger charge is -2.36. The van der Waals surface area contributed by atoms with E-state index in [1.807, 2.05) is 7.05 Å². The first-order valence-electron chi connectivity index (χ1n) is 8.28. The second-order valence-electron chi connectivity index (χ2n) is 5.70. The maximum Gasteiger partial charge on any atom is 0.0858 e. The summed E-state index contributed by atoms with van der Waals surface area (Å²) in [6.45, 7) is 11.5. The fraction of sp³-hybridized carbons (Fsp3) is 0.812. The summed E-state index contributed by atoms with van der Waals surface area (Å²) in [5, 5.41) is 8.10. The predicted molar refractivity (Wildman–Crippen MR) is 85.7 cm³/mol. The fourth-order valence-corrected chi connectivity index (χ4v) is 3.03. The Labute approximate surface area is 128 Å². The van der Waals surface area contributed by atoms with Gasteiger partial charge in [0, 0.05) is 37.8 Å². The molecule has 1 aromatic heterocycles. The Morgan fingerprint density at radius 1 is 1.38 bits per heavy atom. The highest BCUT2D eigenvalue weighted by atomic mass is 16.5. The van der Waals surface area contributed by atoms with Crippen molar-refractivity contribution >= 4 is 0 Å². The minimum atomic E-state index is 0.258. The van der Waals surface area contributed by atoms with Gasteiger partial charge in [0.1, 0.15) is 0 Å². The van der Waals surface area contributed by atoms with Crippen LogP contribution in [0.25, 0.3) is 0 Å². The van der Waals surface area contributed by atoms with Crippen molar-refractivity contribution in [1.82, 2.24) is 20.0 Å². The second kappa shape index (κ2) is 7.92. The van der Waals surface area contributed by atoms with Crippen LogP contribution in [0.3, 0.4) is 0 Å². The predicted octanol–water partition coefficient (Wildman–Crippen LogP) is 1.32. The Balaban J connectivity index is 2.06. The molecule has 1 fully saturated rings. The number of rotatable bonds is 7. The van der Waals surface area contributed by atoms with Gasteiger partial charge in [0.2, 0.25) is 0 Å². The Morgan fingerprint density at radius 3 is 2.81 bits per heavy atom. The molecule has 2 atom stereocenters. The Kier molecular flexibility index (Phi) is 6.21. The molecule has 1 aliphatic heterocycles. The van der Waals surface area contributed by atoms with Crippen molar-refractivity contribution in [2.24, 2.45) is 0 Å². The van der Waals surface area contributed by atoms with Gasteiger partial charge in [0.05, 0.1) is 18.4 Å². The number of ether oxygens (including phenoxy) is 1. The summed E-state index contributed by atoms with van der Waals surface area (Å²) >= 11 is 0. The topological polar surface area (TPSA) is 42.3 Å². The van der Waals surface area contributed by atoms with Crippen molar-refractivity contribution in [3.05, 3.63) is 17.5 Å². The molecule has 21 heavy (non-hydrogen) atoms. The van der Waals surface area contributed by atoms with Gasteiger partial charge in [0.25, 0.3) is 0 Å². The Morgan fingerprint density at radius 2 is 2.19 bits per heavy atom. The van der Waals surface area contributed by atoms with E-state index in [0.29, 0.717) is 6.04 Å². The quantitative estimate of drug-likeness (QED) is 0.823. The number of aromatic nitrogens is 2. The minimum Gasteiger partial charge on any atom is -0.374 e. The van der Waals surface area contributed by atoms with Gasteiger partial charge >= 0.3 is 0 Å². The van der Waals surface area contributed by atoms with Crippen molar-refractivity contribution in [3.8, 4) is 0 Å². The molecule has 0 saturated carbocycles. The van der Waals surface area contributed by atoms with Crippen molar-refractivity contribution in [2.45, 2.75) is 52.3 Å². The largest absolute Gasteiger partial charge is 0.374 e. The third kappa shape index (κ3) is 4.05. The molecule has 0 amide bonds. The first kappa shape index (κ1) is 16.5. The van der Waals surface area contributed by atoms with E-state index in [2.05, 4.69) is 46.8 Å². The van der Waals surface area contributed by atoms with Gasteiger partial charge in [-0.2, -0.15) is 5.10 Å². The third-order valence-electron chi connectivity index (χ3n) is 4.45. The summed E-state index contributed by atoms with van der Waals surface area (Å²) in [6, 6.07) is 2.58. The van der Waals surface area contributed by atoms with Gasteiger partial charge in [-0.25, -0.2) is 0 Å². The molecule has 5 heteroatoms. The molecule has 1 saturated heterocycles. The molecule has 2 unspecified atom stereocenters. The van der Waals surface area contributed by atoms with Crippen LogP contribution in [0.1, 0.15) is 32.2 Å². The molecular formula is C16H30N4O. The molecule has 0 aromatic carbocycles. The molecule has 2 heterocycles. The van der Waals surface area contributed by atoms with Gasteiger partial charge in [-0.05, 0) is 33.0 Å². The van der Waals surface area contributed by atoms with Gasteiger partial charge < -0.3 is 10.1 Å². The van der Waals surface area contributed by atoms with Crippen molar-refractivity contribution < 1.29 is 4.74 Å². The van der Waals surface area contributed by atoms with Crippen LogP contribution in [0.15, 0.2) is 6.07 Å². The van der Waals surface area contributed by atoms with E-state index in [-0.39, 0.29) is 6.10 Å². The van der Waals surface area contributed by atoms with Crippen LogP contribution in [-0.2, 0) is 24.1 Å². The van der Waals surface area contributed by atoms with Crippen LogP contribution in [0.2, 0.25) is 0 Å². The lowest BCUT2D eigenvalue weighted by molar-refractivity contribution is -0.0438. The average Bonchev–Trinajstić information content (AvgIpc) is 2.94. The summed E-state index contributed by atoms with van der Waals surface area (Å²) in [5.74, 6) is 0. The van der Waals surface area contributed by atoms with E-state index in [4.69, 9.17) is 4.74 Å². The molecule has 2 rings (SSSR count). The smallest absolute Gasteiger partial charge is 0.0858 e. The summed E-state index contributed by atoms with van der Waals surface area (Å²) in [6.07, 6.45) is 2.22. The van der Waals surface area contributed by atoms with E-state index in [1.54, 1.807) is 0 Å². The number of hydrogen-bond donors (Lipinski definition) is 1. The Bertz CT molecular complexity index is 432. The first-order chi connectivity index (χ1) is 10.2. The van der Waals surface area contributed by atoms with Crippen LogP contribution < -0.4 is 5.32 Å². The summed E-state index contributed by atoms with van der Waals surface area (Å²) in [4.78, 5) is 2.47. The number of nitrogens with one attached hydrogen (secondary N) is 1. The molecule has 0 aliphatic carbocycles. The summed E-state index contributed by atoms with van der Waals surface area (Å²) in [5.41, 5.74) is 2.49. The van der Waals surface area contributed by atoms with Gasteiger partial charge in [-0.15, -0.1) is 0 Å². The standard InChI is InChI=1S/C16H30N4O/c1-5-13-10-14(20(7-3)18-13)11-15(17-4)16-12-19(6-2)8-9-21-16/h10,15-17H,5-9,11-12H2,1-4H3. The van der Waals surface area contributed by atoms with Crippen molar-refractivity contribution in [2.75, 3.05) is 33.3 Å². The van der Waals surface area contributed by atoms with Crippen LogP contribution in [0, 0.1) is 0 Å². The molecule has 5 nitrogen and oxygen atoms in total. The van der Waals surface area contributed by atoms with Crippen LogP contribution in [0.4, 0.5) is 0 Å². The molecule has 1 N–H and O–H groups in total. The average molecular weight is 294 g/mol. The molecular weight excluding hydrogens is 264 g/mol. The molecule has 0 bridgehead atoms. The van der Waals surface area contributed by atoms with E-state index in [0.717, 1.165) is 45.6 Å². The summed E-state index contributed by atoms with van der Waals surface area (Å²) < 4.78 is 8.14. The van der Waals surface area contributed by atoms with E-state index in [1.165, 1.54) is 11.4 Å². The second-order valence-corrected chi connectivity index (χ2v) is 5.70. The highest BCUT2D eigenvalue weighted by Crippen LogP contribution is 2.15. The lowest BCUT2D eigenvalue weighted by Crippen LogP contribution is -2.52. The first-order valence-corrected chi connectivity index (χ1v) is 8.28. The van der Waals surface area contributed by atoms with Gasteiger partial charge in [-0.3, -0.25) is 9.58 Å². The number of hydrogen-bond acceptors (Lipinski definition) is 4. The normalized spacial score (nSPS) is 21.6. The Hall–Kier alpha value is -0.910. The monoisotopic (exact) mass is 294 g/mol. The van der Waals surface area contributed by atoms with Gasteiger partial charge in [-0.1, -0.05) is 13.8 Å². The van der Waals surface area contributed by atoms with Crippen LogP contribution >= 0.6 is 0 Å². The van der Waals surface area contributed by atoms with Crippen molar-refractivity contribution in [3.63, 3.8) is 0 Å². The minimum absolute atomic E-state index is 0.258. The van der Waals surface area contributed by atoms with E-state index >= 15 is 0 Å². The maximum absolute atomic E-state index is 6.01. The number of nitrogens with zero attached hydrogens (tertiary/aromatic N) is 3. The molecule has 0 radical (unpaired) electrons. The van der Waals surface area contributed by atoms with E-state index < -0.39 is 0 Å². The van der Waals surface area contributed by atoms with Crippen molar-refractivity contribution in [1.29, 1.82) is 0 Å². The van der Waals surface area contributed by atoms with Crippen LogP contribution in [-0.4, -0.2) is 60.1 Å². The maximum atomic E-state index is 6.01. The number of morpholine rings is 1. The van der Waals surface area contributed by atoms with Crippen LogP contribution in [0.5, 0.6) is 0 Å². The number of aryl methyl sites for hydroxylation is 2. The lowest BCUT2D eigenvalue weighted by atomic mass is 10.0. The number of likely N-dealkylation sites (N-methyl/N-ethyl adjacent to an activating group) is 2. The highest BCUT2D eigenvalue weighted by Gasteiger charge is 2.27. The zero-order chi connectivity index (χ0) is 15.2. The highest BCUT2D eigenvalue weighted by molar-refractivity contribution is 5.12. The molecule has 1 aromatic rings. The molecule has 0 spiro atoms. The third-order valence-corrected chi connectivity index (χ3v) is 4.45. The summed E-state index contributed by atoms with van der Waals surface area (Å²) in [7, 11) is 2.03. The molecule has 1 aliphatic rings. The fourth-order valence-electron chi connectivity index (χ4n) is 3.03. The zero-order valence-corrected chi connectivity index (χ0v) is 13.9.